The van der Waals surface area contributed by atoms with Crippen LogP contribution in [0, 0.1) is 18.7 Å². The summed E-state index contributed by atoms with van der Waals surface area (Å²) >= 11 is 3.17. The average Bonchev–Trinajstić information content (AvgIpc) is 2.92. The number of aryl methyl sites for hydroxylation is 1. The minimum Gasteiger partial charge on any atom is -0.323 e. The van der Waals surface area contributed by atoms with Crippen LogP contribution in [0.3, 0.4) is 0 Å². The zero-order valence-corrected chi connectivity index (χ0v) is 14.6. The predicted molar refractivity (Wildman–Crippen MR) is 94.4 cm³/mol. The Hall–Kier alpha value is -2.21. The van der Waals surface area contributed by atoms with Crippen LogP contribution in [0.15, 0.2) is 46.9 Å². The Kier molecular flexibility index (Phi) is 4.66. The lowest BCUT2D eigenvalue weighted by Gasteiger charge is -2.19. The minimum atomic E-state index is -0.516. The van der Waals surface area contributed by atoms with Crippen LogP contribution in [-0.2, 0) is 9.59 Å². The Morgan fingerprint density at radius 1 is 1.29 bits per heavy atom. The summed E-state index contributed by atoms with van der Waals surface area (Å²) in [5, 5.41) is 2.57. The lowest BCUT2D eigenvalue weighted by Crippen LogP contribution is -2.28. The molecule has 1 aliphatic heterocycles. The maximum Gasteiger partial charge on any atom is 0.229 e. The first-order valence-electron chi connectivity index (χ1n) is 7.57. The van der Waals surface area contributed by atoms with Crippen LogP contribution in [0.4, 0.5) is 15.8 Å². The predicted octanol–water partition coefficient (Wildman–Crippen LogP) is 3.89. The van der Waals surface area contributed by atoms with Crippen molar-refractivity contribution in [1.82, 2.24) is 0 Å². The standard InChI is InChI=1S/C18H16BrFN2O2/c1-11-4-2-3-5-16(11)22-10-12(8-17(22)23)18(24)21-15-7-6-13(19)9-14(15)20/h2-7,9,12H,8,10H2,1H3,(H,21,24). The van der Waals surface area contributed by atoms with E-state index in [9.17, 15) is 14.0 Å². The number of para-hydroxylation sites is 1. The zero-order valence-electron chi connectivity index (χ0n) is 13.1. The van der Waals surface area contributed by atoms with E-state index in [1.54, 1.807) is 11.0 Å². The van der Waals surface area contributed by atoms with E-state index >= 15 is 0 Å². The Morgan fingerprint density at radius 2 is 2.04 bits per heavy atom. The van der Waals surface area contributed by atoms with Crippen LogP contribution in [0.2, 0.25) is 0 Å². The van der Waals surface area contributed by atoms with E-state index in [4.69, 9.17) is 0 Å². The molecule has 2 aromatic rings. The molecule has 0 saturated carbocycles. The summed E-state index contributed by atoms with van der Waals surface area (Å²) in [5.74, 6) is -1.46. The number of halogens is 2. The fourth-order valence-corrected chi connectivity index (χ4v) is 3.14. The molecule has 0 aromatic heterocycles. The molecule has 0 spiro atoms. The second kappa shape index (κ2) is 6.73. The van der Waals surface area contributed by atoms with E-state index in [1.165, 1.54) is 12.1 Å². The molecule has 2 aromatic carbocycles. The Morgan fingerprint density at radius 3 is 2.75 bits per heavy atom. The topological polar surface area (TPSA) is 49.4 Å². The monoisotopic (exact) mass is 390 g/mol. The van der Waals surface area contributed by atoms with Crippen molar-refractivity contribution in [2.24, 2.45) is 5.92 Å². The number of hydrogen-bond donors (Lipinski definition) is 1. The molecule has 0 aliphatic carbocycles. The number of anilines is 2. The number of rotatable bonds is 3. The molecule has 1 heterocycles. The van der Waals surface area contributed by atoms with Crippen molar-refractivity contribution in [3.63, 3.8) is 0 Å². The smallest absolute Gasteiger partial charge is 0.229 e. The molecule has 24 heavy (non-hydrogen) atoms. The number of amides is 2. The van der Waals surface area contributed by atoms with Crippen LogP contribution in [-0.4, -0.2) is 18.4 Å². The van der Waals surface area contributed by atoms with Gasteiger partial charge in [0, 0.05) is 23.1 Å². The van der Waals surface area contributed by atoms with Gasteiger partial charge in [0.2, 0.25) is 11.8 Å². The third-order valence-corrected chi connectivity index (χ3v) is 4.58. The van der Waals surface area contributed by atoms with Gasteiger partial charge in [0.15, 0.2) is 0 Å². The van der Waals surface area contributed by atoms with Gasteiger partial charge >= 0.3 is 0 Å². The highest BCUT2D eigenvalue weighted by molar-refractivity contribution is 9.10. The number of nitrogens with zero attached hydrogens (tertiary/aromatic N) is 1. The molecule has 1 unspecified atom stereocenters. The largest absolute Gasteiger partial charge is 0.323 e. The number of carbonyl (C=O) groups excluding carboxylic acids is 2. The second-order valence-corrected chi connectivity index (χ2v) is 6.72. The van der Waals surface area contributed by atoms with Crippen molar-refractivity contribution in [2.45, 2.75) is 13.3 Å². The number of hydrogen-bond acceptors (Lipinski definition) is 2. The van der Waals surface area contributed by atoms with Gasteiger partial charge in [-0.2, -0.15) is 0 Å². The van der Waals surface area contributed by atoms with E-state index in [0.717, 1.165) is 11.3 Å². The molecule has 1 fully saturated rings. The van der Waals surface area contributed by atoms with Crippen molar-refractivity contribution in [2.75, 3.05) is 16.8 Å². The highest BCUT2D eigenvalue weighted by atomic mass is 79.9. The third-order valence-electron chi connectivity index (χ3n) is 4.09. The summed E-state index contributed by atoms with van der Waals surface area (Å²) in [6.07, 6.45) is 0.123. The van der Waals surface area contributed by atoms with Gasteiger partial charge in [-0.15, -0.1) is 0 Å². The van der Waals surface area contributed by atoms with Gasteiger partial charge in [-0.25, -0.2) is 4.39 Å². The maximum atomic E-state index is 13.8. The van der Waals surface area contributed by atoms with Crippen molar-refractivity contribution >= 4 is 39.1 Å². The quantitative estimate of drug-likeness (QED) is 0.863. The minimum absolute atomic E-state index is 0.0965. The van der Waals surface area contributed by atoms with Gasteiger partial charge in [-0.3, -0.25) is 9.59 Å². The van der Waals surface area contributed by atoms with Gasteiger partial charge in [-0.05, 0) is 36.8 Å². The molecular formula is C18H16BrFN2O2. The van der Waals surface area contributed by atoms with Crippen molar-refractivity contribution in [3.8, 4) is 0 Å². The van der Waals surface area contributed by atoms with E-state index < -0.39 is 11.7 Å². The first-order valence-corrected chi connectivity index (χ1v) is 8.37. The second-order valence-electron chi connectivity index (χ2n) is 5.81. The van der Waals surface area contributed by atoms with Gasteiger partial charge < -0.3 is 10.2 Å². The summed E-state index contributed by atoms with van der Waals surface area (Å²) in [6.45, 7) is 2.22. The van der Waals surface area contributed by atoms with Gasteiger partial charge in [-0.1, -0.05) is 34.1 Å². The SMILES string of the molecule is Cc1ccccc1N1CC(C(=O)Nc2ccc(Br)cc2F)CC1=O. The highest BCUT2D eigenvalue weighted by Gasteiger charge is 2.35. The summed E-state index contributed by atoms with van der Waals surface area (Å²) in [5.41, 5.74) is 1.91. The molecule has 1 saturated heterocycles. The fourth-order valence-electron chi connectivity index (χ4n) is 2.81. The molecule has 4 nitrogen and oxygen atoms in total. The van der Waals surface area contributed by atoms with Crippen molar-refractivity contribution in [3.05, 3.63) is 58.3 Å². The number of carbonyl (C=O) groups is 2. The lowest BCUT2D eigenvalue weighted by atomic mass is 10.1. The number of benzene rings is 2. The average molecular weight is 391 g/mol. The van der Waals surface area contributed by atoms with Crippen LogP contribution >= 0.6 is 15.9 Å². The van der Waals surface area contributed by atoms with Gasteiger partial charge in [0.25, 0.3) is 0 Å². The molecule has 0 bridgehead atoms. The third kappa shape index (κ3) is 3.33. The summed E-state index contributed by atoms with van der Waals surface area (Å²) in [4.78, 5) is 26.3. The zero-order chi connectivity index (χ0) is 17.3. The fraction of sp³-hybridized carbons (Fsp3) is 0.222. The molecule has 3 rings (SSSR count). The summed E-state index contributed by atoms with van der Waals surface area (Å²) in [6, 6.07) is 12.0. The highest BCUT2D eigenvalue weighted by Crippen LogP contribution is 2.29. The Labute approximate surface area is 147 Å². The van der Waals surface area contributed by atoms with Crippen LogP contribution in [0.1, 0.15) is 12.0 Å². The molecule has 6 heteroatoms. The number of nitrogens with one attached hydrogen (secondary N) is 1. The van der Waals surface area contributed by atoms with Crippen LogP contribution in [0.5, 0.6) is 0 Å². The molecule has 0 radical (unpaired) electrons. The van der Waals surface area contributed by atoms with E-state index in [1.807, 2.05) is 31.2 Å². The lowest BCUT2D eigenvalue weighted by molar-refractivity contribution is -0.122. The van der Waals surface area contributed by atoms with E-state index in [0.29, 0.717) is 11.0 Å². The summed E-state index contributed by atoms with van der Waals surface area (Å²) in [7, 11) is 0. The van der Waals surface area contributed by atoms with Crippen molar-refractivity contribution < 1.29 is 14.0 Å². The van der Waals surface area contributed by atoms with E-state index in [2.05, 4.69) is 21.2 Å². The molecule has 1 aliphatic rings. The van der Waals surface area contributed by atoms with Crippen molar-refractivity contribution in [1.29, 1.82) is 0 Å². The normalized spacial score (nSPS) is 17.2. The maximum absolute atomic E-state index is 13.8. The summed E-state index contributed by atoms with van der Waals surface area (Å²) < 4.78 is 14.4. The van der Waals surface area contributed by atoms with E-state index in [-0.39, 0.29) is 23.9 Å². The Balaban J connectivity index is 1.73. The first-order chi connectivity index (χ1) is 11.5. The molecular weight excluding hydrogens is 375 g/mol. The molecule has 2 amide bonds. The van der Waals surface area contributed by atoms with Crippen LogP contribution in [0.25, 0.3) is 0 Å². The molecule has 1 atom stereocenters. The molecule has 1 N–H and O–H groups in total. The Bertz CT molecular complexity index is 809. The van der Waals surface area contributed by atoms with Gasteiger partial charge in [0.1, 0.15) is 5.82 Å². The molecule has 124 valence electrons. The van der Waals surface area contributed by atoms with Crippen LogP contribution < -0.4 is 10.2 Å². The van der Waals surface area contributed by atoms with Gasteiger partial charge in [0.05, 0.1) is 11.6 Å². The first kappa shape index (κ1) is 16.6.